The van der Waals surface area contributed by atoms with E-state index in [1.54, 1.807) is 0 Å². The summed E-state index contributed by atoms with van der Waals surface area (Å²) in [4.78, 5) is 36.1. The largest absolute Gasteiger partial charge is 0.368 e. The number of anilines is 1. The second-order valence-electron chi connectivity index (χ2n) is 8.06. The van der Waals surface area contributed by atoms with Gasteiger partial charge in [-0.2, -0.15) is 0 Å². The predicted octanol–water partition coefficient (Wildman–Crippen LogP) is 1.46. The van der Waals surface area contributed by atoms with E-state index in [9.17, 15) is 9.59 Å². The minimum absolute atomic E-state index is 0.0386. The minimum atomic E-state index is -0.254. The van der Waals surface area contributed by atoms with Crippen molar-refractivity contribution in [1.29, 1.82) is 0 Å². The molecule has 1 aromatic rings. The molecule has 7 nitrogen and oxygen atoms in total. The number of amides is 2. The Bertz CT molecular complexity index is 703. The Morgan fingerprint density at radius 1 is 1.00 bits per heavy atom. The maximum absolute atomic E-state index is 13.0. The molecule has 3 aliphatic heterocycles. The van der Waals surface area contributed by atoms with Crippen molar-refractivity contribution in [3.8, 4) is 0 Å². The lowest BCUT2D eigenvalue weighted by Gasteiger charge is -2.39. The van der Waals surface area contributed by atoms with Crippen LogP contribution in [-0.2, 0) is 14.3 Å². The summed E-state index contributed by atoms with van der Waals surface area (Å²) in [6.45, 7) is 7.22. The first-order valence-corrected chi connectivity index (χ1v) is 10.5. The summed E-state index contributed by atoms with van der Waals surface area (Å²) in [5.41, 5.74) is 1.17. The molecule has 0 aliphatic carbocycles. The molecule has 1 aromatic heterocycles. The Balaban J connectivity index is 1.26. The molecule has 0 N–H and O–H groups in total. The minimum Gasteiger partial charge on any atom is -0.368 e. The number of hydrogen-bond acceptors (Lipinski definition) is 5. The molecule has 3 saturated heterocycles. The number of nitrogens with zero attached hydrogens (tertiary/aromatic N) is 4. The fraction of sp³-hybridized carbons (Fsp3) is 0.667. The van der Waals surface area contributed by atoms with Gasteiger partial charge in [0.25, 0.3) is 5.91 Å². The topological polar surface area (TPSA) is 66.0 Å². The van der Waals surface area contributed by atoms with Gasteiger partial charge in [-0.3, -0.25) is 9.59 Å². The van der Waals surface area contributed by atoms with E-state index >= 15 is 0 Å². The maximum atomic E-state index is 13.0. The molecule has 0 spiro atoms. The van der Waals surface area contributed by atoms with Gasteiger partial charge < -0.3 is 19.4 Å². The van der Waals surface area contributed by atoms with Crippen molar-refractivity contribution in [1.82, 2.24) is 14.8 Å². The quantitative estimate of drug-likeness (QED) is 0.787. The summed E-state index contributed by atoms with van der Waals surface area (Å²) in [5.74, 6) is 1.43. The van der Waals surface area contributed by atoms with E-state index in [2.05, 4.69) is 22.9 Å². The number of piperazine rings is 1. The number of piperidine rings is 1. The molecule has 0 unspecified atom stereocenters. The standard InChI is InChI=1S/C21H30N4O3/c1-16-4-2-8-22-19(16)23-11-13-25(14-12-23)20(26)17-6-9-24(10-7-17)21(27)18-5-3-15-28-18/h2,4,8,17-18H,3,5-7,9-15H2,1H3/t18-/m1/s1. The fourth-order valence-electron chi connectivity index (χ4n) is 4.53. The van der Waals surface area contributed by atoms with Crippen LogP contribution >= 0.6 is 0 Å². The van der Waals surface area contributed by atoms with E-state index in [0.717, 1.165) is 57.7 Å². The van der Waals surface area contributed by atoms with Crippen molar-refractivity contribution in [3.05, 3.63) is 23.9 Å². The van der Waals surface area contributed by atoms with Gasteiger partial charge in [-0.15, -0.1) is 0 Å². The zero-order valence-corrected chi connectivity index (χ0v) is 16.7. The Morgan fingerprint density at radius 3 is 2.36 bits per heavy atom. The van der Waals surface area contributed by atoms with Gasteiger partial charge in [0.05, 0.1) is 0 Å². The first-order chi connectivity index (χ1) is 13.6. The molecule has 7 heteroatoms. The zero-order valence-electron chi connectivity index (χ0n) is 16.7. The first kappa shape index (κ1) is 19.2. The van der Waals surface area contributed by atoms with Crippen LogP contribution in [0.2, 0.25) is 0 Å². The van der Waals surface area contributed by atoms with Gasteiger partial charge in [0.1, 0.15) is 11.9 Å². The van der Waals surface area contributed by atoms with Crippen LogP contribution in [0.25, 0.3) is 0 Å². The van der Waals surface area contributed by atoms with Gasteiger partial charge in [0.2, 0.25) is 5.91 Å². The van der Waals surface area contributed by atoms with Crippen LogP contribution in [0.5, 0.6) is 0 Å². The van der Waals surface area contributed by atoms with Crippen molar-refractivity contribution in [2.75, 3.05) is 50.8 Å². The third-order valence-corrected chi connectivity index (χ3v) is 6.23. The lowest BCUT2D eigenvalue weighted by Crippen LogP contribution is -2.52. The van der Waals surface area contributed by atoms with E-state index in [0.29, 0.717) is 19.7 Å². The lowest BCUT2D eigenvalue weighted by atomic mass is 9.94. The third-order valence-electron chi connectivity index (χ3n) is 6.23. The van der Waals surface area contributed by atoms with E-state index in [1.807, 2.05) is 22.1 Å². The van der Waals surface area contributed by atoms with Gasteiger partial charge in [-0.25, -0.2) is 4.98 Å². The SMILES string of the molecule is Cc1cccnc1N1CCN(C(=O)C2CCN(C(=O)[C@H]3CCCO3)CC2)CC1. The van der Waals surface area contributed by atoms with Crippen LogP contribution in [0.15, 0.2) is 18.3 Å². The molecule has 152 valence electrons. The van der Waals surface area contributed by atoms with E-state index in [-0.39, 0.29) is 23.8 Å². The first-order valence-electron chi connectivity index (χ1n) is 10.5. The molecular formula is C21H30N4O3. The number of rotatable bonds is 3. The summed E-state index contributed by atoms with van der Waals surface area (Å²) >= 11 is 0. The smallest absolute Gasteiger partial charge is 0.251 e. The number of aryl methyl sites for hydroxylation is 1. The van der Waals surface area contributed by atoms with Crippen molar-refractivity contribution >= 4 is 17.6 Å². The molecule has 3 fully saturated rings. The molecule has 0 aromatic carbocycles. The van der Waals surface area contributed by atoms with Crippen LogP contribution < -0.4 is 4.90 Å². The van der Waals surface area contributed by atoms with Crippen molar-refractivity contribution < 1.29 is 14.3 Å². The third kappa shape index (κ3) is 3.99. The number of hydrogen-bond donors (Lipinski definition) is 0. The van der Waals surface area contributed by atoms with Crippen LogP contribution in [0, 0.1) is 12.8 Å². The van der Waals surface area contributed by atoms with Crippen LogP contribution in [-0.4, -0.2) is 78.6 Å². The van der Waals surface area contributed by atoms with Crippen molar-refractivity contribution in [3.63, 3.8) is 0 Å². The Morgan fingerprint density at radius 2 is 1.71 bits per heavy atom. The maximum Gasteiger partial charge on any atom is 0.251 e. The van der Waals surface area contributed by atoms with E-state index in [1.165, 1.54) is 5.56 Å². The molecule has 0 radical (unpaired) electrons. The molecule has 4 rings (SSSR count). The van der Waals surface area contributed by atoms with Crippen molar-refractivity contribution in [2.45, 2.75) is 38.7 Å². The molecule has 1 atom stereocenters. The van der Waals surface area contributed by atoms with Gasteiger partial charge in [-0.05, 0) is 44.2 Å². The van der Waals surface area contributed by atoms with Crippen LogP contribution in [0.1, 0.15) is 31.2 Å². The fourth-order valence-corrected chi connectivity index (χ4v) is 4.53. The highest BCUT2D eigenvalue weighted by atomic mass is 16.5. The summed E-state index contributed by atoms with van der Waals surface area (Å²) in [5, 5.41) is 0. The number of carbonyl (C=O) groups excluding carboxylic acids is 2. The Hall–Kier alpha value is -2.15. The van der Waals surface area contributed by atoms with Crippen LogP contribution in [0.4, 0.5) is 5.82 Å². The number of pyridine rings is 1. The molecule has 28 heavy (non-hydrogen) atoms. The molecule has 0 saturated carbocycles. The van der Waals surface area contributed by atoms with E-state index in [4.69, 9.17) is 4.74 Å². The zero-order chi connectivity index (χ0) is 19.5. The molecule has 0 bridgehead atoms. The van der Waals surface area contributed by atoms with Gasteiger partial charge in [0, 0.05) is 58.0 Å². The molecule has 4 heterocycles. The summed E-state index contributed by atoms with van der Waals surface area (Å²) in [6.07, 6.45) is 4.89. The number of carbonyl (C=O) groups is 2. The summed E-state index contributed by atoms with van der Waals surface area (Å²) in [7, 11) is 0. The molecule has 3 aliphatic rings. The average molecular weight is 386 g/mol. The highest BCUT2D eigenvalue weighted by Crippen LogP contribution is 2.24. The molecular weight excluding hydrogens is 356 g/mol. The highest BCUT2D eigenvalue weighted by molar-refractivity contribution is 5.82. The summed E-state index contributed by atoms with van der Waals surface area (Å²) < 4.78 is 5.52. The van der Waals surface area contributed by atoms with Gasteiger partial charge >= 0.3 is 0 Å². The highest BCUT2D eigenvalue weighted by Gasteiger charge is 2.34. The molecule has 2 amide bonds. The Kier molecular flexibility index (Phi) is 5.80. The van der Waals surface area contributed by atoms with Crippen molar-refractivity contribution in [2.24, 2.45) is 5.92 Å². The number of likely N-dealkylation sites (tertiary alicyclic amines) is 1. The second-order valence-corrected chi connectivity index (χ2v) is 8.06. The summed E-state index contributed by atoms with van der Waals surface area (Å²) in [6, 6.07) is 4.03. The number of ether oxygens (including phenoxy) is 1. The average Bonchev–Trinajstić information content (AvgIpc) is 3.28. The predicted molar refractivity (Wildman–Crippen MR) is 106 cm³/mol. The van der Waals surface area contributed by atoms with E-state index < -0.39 is 0 Å². The van der Waals surface area contributed by atoms with Gasteiger partial charge in [0.15, 0.2) is 0 Å². The number of aromatic nitrogens is 1. The lowest BCUT2D eigenvalue weighted by molar-refractivity contribution is -0.146. The van der Waals surface area contributed by atoms with Crippen LogP contribution in [0.3, 0.4) is 0 Å². The second kappa shape index (κ2) is 8.47. The Labute approximate surface area is 166 Å². The van der Waals surface area contributed by atoms with Gasteiger partial charge in [-0.1, -0.05) is 6.07 Å². The normalized spacial score (nSPS) is 23.9. The monoisotopic (exact) mass is 386 g/mol.